The van der Waals surface area contributed by atoms with Gasteiger partial charge in [0.25, 0.3) is 0 Å². The smallest absolute Gasteiger partial charge is 0.238 e. The van der Waals surface area contributed by atoms with Crippen LogP contribution in [0.4, 0.5) is 0 Å². The SMILES string of the molecule is CCC1NCC(=O)N1C(C)CN(C)C. The third kappa shape index (κ3) is 2.45. The maximum absolute atomic E-state index is 11.6. The lowest BCUT2D eigenvalue weighted by Gasteiger charge is -2.31. The highest BCUT2D eigenvalue weighted by atomic mass is 16.2. The van der Waals surface area contributed by atoms with Crippen LogP contribution in [0.3, 0.4) is 0 Å². The second-order valence-corrected chi connectivity index (χ2v) is 4.22. The van der Waals surface area contributed by atoms with Gasteiger partial charge in [-0.1, -0.05) is 6.92 Å². The molecule has 82 valence electrons. The summed E-state index contributed by atoms with van der Waals surface area (Å²) in [5.74, 6) is 0.228. The molecule has 0 aromatic carbocycles. The predicted octanol–water partition coefficient (Wildman–Crippen LogP) is 0.104. The van der Waals surface area contributed by atoms with E-state index in [2.05, 4.69) is 24.1 Å². The molecule has 0 aromatic heterocycles. The Morgan fingerprint density at radius 2 is 2.29 bits per heavy atom. The lowest BCUT2D eigenvalue weighted by Crippen LogP contribution is -2.47. The van der Waals surface area contributed by atoms with Gasteiger partial charge in [0.1, 0.15) is 0 Å². The molecular formula is C10H21N3O. The first-order valence-corrected chi connectivity index (χ1v) is 5.25. The summed E-state index contributed by atoms with van der Waals surface area (Å²) < 4.78 is 0. The van der Waals surface area contributed by atoms with E-state index < -0.39 is 0 Å². The summed E-state index contributed by atoms with van der Waals surface area (Å²) in [6.07, 6.45) is 1.21. The highest BCUT2D eigenvalue weighted by Crippen LogP contribution is 2.13. The number of carbonyl (C=O) groups excluding carboxylic acids is 1. The molecule has 0 aliphatic carbocycles. The zero-order valence-corrected chi connectivity index (χ0v) is 9.58. The number of hydrogen-bond donors (Lipinski definition) is 1. The lowest BCUT2D eigenvalue weighted by molar-refractivity contribution is -0.130. The second kappa shape index (κ2) is 4.75. The average molecular weight is 199 g/mol. The first-order valence-electron chi connectivity index (χ1n) is 5.25. The van der Waals surface area contributed by atoms with Gasteiger partial charge in [-0.3, -0.25) is 10.1 Å². The van der Waals surface area contributed by atoms with E-state index in [0.717, 1.165) is 13.0 Å². The van der Waals surface area contributed by atoms with Crippen LogP contribution < -0.4 is 5.32 Å². The topological polar surface area (TPSA) is 35.6 Å². The minimum atomic E-state index is 0.228. The molecule has 1 heterocycles. The molecule has 1 amide bonds. The molecule has 1 aliphatic rings. The first kappa shape index (κ1) is 11.5. The van der Waals surface area contributed by atoms with Crippen molar-refractivity contribution >= 4 is 5.91 Å². The minimum Gasteiger partial charge on any atom is -0.322 e. The summed E-state index contributed by atoms with van der Waals surface area (Å²) in [5, 5.41) is 3.22. The highest BCUT2D eigenvalue weighted by Gasteiger charge is 2.32. The molecule has 2 atom stereocenters. The van der Waals surface area contributed by atoms with E-state index in [1.54, 1.807) is 0 Å². The molecule has 1 N–H and O–H groups in total. The molecule has 4 heteroatoms. The molecule has 1 saturated heterocycles. The molecule has 0 saturated carbocycles. The number of rotatable bonds is 4. The molecule has 0 bridgehead atoms. The van der Waals surface area contributed by atoms with E-state index in [1.807, 2.05) is 19.0 Å². The summed E-state index contributed by atoms with van der Waals surface area (Å²) in [5.41, 5.74) is 0. The molecule has 14 heavy (non-hydrogen) atoms. The van der Waals surface area contributed by atoms with Crippen LogP contribution in [0.15, 0.2) is 0 Å². The second-order valence-electron chi connectivity index (χ2n) is 4.22. The van der Waals surface area contributed by atoms with Crippen LogP contribution in [0.5, 0.6) is 0 Å². The van der Waals surface area contributed by atoms with Crippen molar-refractivity contribution in [1.82, 2.24) is 15.1 Å². The Labute approximate surface area is 86.2 Å². The maximum Gasteiger partial charge on any atom is 0.238 e. The number of carbonyl (C=O) groups is 1. The highest BCUT2D eigenvalue weighted by molar-refractivity contribution is 5.80. The standard InChI is InChI=1S/C10H21N3O/c1-5-9-11-6-10(14)13(9)8(2)7-12(3)4/h8-9,11H,5-7H2,1-4H3. The summed E-state index contributed by atoms with van der Waals surface area (Å²) in [6, 6.07) is 0.289. The maximum atomic E-state index is 11.6. The number of likely N-dealkylation sites (N-methyl/N-ethyl adjacent to an activating group) is 1. The third-order valence-electron chi connectivity index (χ3n) is 2.60. The van der Waals surface area contributed by atoms with Crippen molar-refractivity contribution < 1.29 is 4.79 Å². The van der Waals surface area contributed by atoms with Gasteiger partial charge in [0.2, 0.25) is 5.91 Å². The summed E-state index contributed by atoms with van der Waals surface area (Å²) in [4.78, 5) is 15.7. The van der Waals surface area contributed by atoms with Gasteiger partial charge in [0.15, 0.2) is 0 Å². The van der Waals surface area contributed by atoms with Gasteiger partial charge >= 0.3 is 0 Å². The van der Waals surface area contributed by atoms with Crippen LogP contribution >= 0.6 is 0 Å². The third-order valence-corrected chi connectivity index (χ3v) is 2.60. The van der Waals surface area contributed by atoms with Gasteiger partial charge in [-0.15, -0.1) is 0 Å². The summed E-state index contributed by atoms with van der Waals surface area (Å²) in [6.45, 7) is 5.62. The van der Waals surface area contributed by atoms with Crippen molar-refractivity contribution in [2.45, 2.75) is 32.5 Å². The van der Waals surface area contributed by atoms with Gasteiger partial charge in [-0.2, -0.15) is 0 Å². The molecule has 1 aliphatic heterocycles. The van der Waals surface area contributed by atoms with Crippen molar-refractivity contribution in [3.8, 4) is 0 Å². The zero-order chi connectivity index (χ0) is 10.7. The van der Waals surface area contributed by atoms with E-state index in [0.29, 0.717) is 6.54 Å². The van der Waals surface area contributed by atoms with E-state index in [1.165, 1.54) is 0 Å². The van der Waals surface area contributed by atoms with Crippen molar-refractivity contribution in [3.63, 3.8) is 0 Å². The Balaban J connectivity index is 2.58. The summed E-state index contributed by atoms with van der Waals surface area (Å²) >= 11 is 0. The van der Waals surface area contributed by atoms with Crippen LogP contribution in [0.25, 0.3) is 0 Å². The fourth-order valence-corrected chi connectivity index (χ4v) is 2.08. The monoisotopic (exact) mass is 199 g/mol. The Bertz CT molecular complexity index is 206. The molecule has 1 fully saturated rings. The number of amides is 1. The fourth-order valence-electron chi connectivity index (χ4n) is 2.08. The molecule has 1 rings (SSSR count). The van der Waals surface area contributed by atoms with E-state index >= 15 is 0 Å². The zero-order valence-electron chi connectivity index (χ0n) is 9.58. The van der Waals surface area contributed by atoms with Crippen molar-refractivity contribution in [3.05, 3.63) is 0 Å². The quantitative estimate of drug-likeness (QED) is 0.698. The van der Waals surface area contributed by atoms with Gasteiger partial charge in [0.05, 0.1) is 12.7 Å². The molecular weight excluding hydrogens is 178 g/mol. The Kier molecular flexibility index (Phi) is 3.89. The first-order chi connectivity index (χ1) is 6.56. The summed E-state index contributed by atoms with van der Waals surface area (Å²) in [7, 11) is 4.07. The fraction of sp³-hybridized carbons (Fsp3) is 0.900. The molecule has 0 aromatic rings. The largest absolute Gasteiger partial charge is 0.322 e. The van der Waals surface area contributed by atoms with Gasteiger partial charge in [0, 0.05) is 12.6 Å². The number of hydrogen-bond acceptors (Lipinski definition) is 3. The van der Waals surface area contributed by atoms with E-state index in [9.17, 15) is 4.79 Å². The molecule has 0 radical (unpaired) electrons. The van der Waals surface area contributed by atoms with Crippen LogP contribution in [-0.4, -0.2) is 55.1 Å². The molecule has 2 unspecified atom stereocenters. The van der Waals surface area contributed by atoms with Gasteiger partial charge in [-0.25, -0.2) is 0 Å². The van der Waals surface area contributed by atoms with Gasteiger partial charge < -0.3 is 9.80 Å². The van der Waals surface area contributed by atoms with Crippen LogP contribution in [0, 0.1) is 0 Å². The Morgan fingerprint density at radius 3 is 2.79 bits per heavy atom. The van der Waals surface area contributed by atoms with Gasteiger partial charge in [-0.05, 0) is 27.4 Å². The minimum absolute atomic E-state index is 0.228. The number of nitrogens with one attached hydrogen (secondary N) is 1. The van der Waals surface area contributed by atoms with Crippen molar-refractivity contribution in [2.24, 2.45) is 0 Å². The Hall–Kier alpha value is -0.610. The number of nitrogens with zero attached hydrogens (tertiary/aromatic N) is 2. The van der Waals surface area contributed by atoms with Crippen molar-refractivity contribution in [1.29, 1.82) is 0 Å². The predicted molar refractivity (Wildman–Crippen MR) is 56.9 cm³/mol. The Morgan fingerprint density at radius 1 is 1.64 bits per heavy atom. The van der Waals surface area contributed by atoms with E-state index in [-0.39, 0.29) is 18.1 Å². The molecule has 0 spiro atoms. The van der Waals surface area contributed by atoms with Crippen LogP contribution in [-0.2, 0) is 4.79 Å². The van der Waals surface area contributed by atoms with E-state index in [4.69, 9.17) is 0 Å². The lowest BCUT2D eigenvalue weighted by atomic mass is 10.2. The molecule has 4 nitrogen and oxygen atoms in total. The average Bonchev–Trinajstić information content (AvgIpc) is 2.45. The van der Waals surface area contributed by atoms with Crippen molar-refractivity contribution in [2.75, 3.05) is 27.2 Å². The van der Waals surface area contributed by atoms with Crippen LogP contribution in [0.2, 0.25) is 0 Å². The normalized spacial score (nSPS) is 24.8. The van der Waals surface area contributed by atoms with Crippen LogP contribution in [0.1, 0.15) is 20.3 Å².